The van der Waals surface area contributed by atoms with Crippen molar-refractivity contribution in [1.82, 2.24) is 0 Å². The van der Waals surface area contributed by atoms with Gasteiger partial charge in [-0.15, -0.1) is 0 Å². The summed E-state index contributed by atoms with van der Waals surface area (Å²) < 4.78 is 24.6. The fraction of sp³-hybridized carbons (Fsp3) is 0.600. The first kappa shape index (κ1) is 14.4. The van der Waals surface area contributed by atoms with Gasteiger partial charge in [0.05, 0.1) is 31.0 Å². The Bertz CT molecular complexity index is 403. The van der Waals surface area contributed by atoms with Crippen molar-refractivity contribution in [2.75, 3.05) is 6.61 Å². The molecule has 106 valence electrons. The SMILES string of the molecule is CC1CC(OCC(N)c2cccc(F)c2)CC(C)O1. The predicted molar refractivity (Wildman–Crippen MR) is 72.3 cm³/mol. The third kappa shape index (κ3) is 4.27. The molecule has 0 radical (unpaired) electrons. The summed E-state index contributed by atoms with van der Waals surface area (Å²) in [5.41, 5.74) is 6.80. The molecule has 1 aromatic carbocycles. The van der Waals surface area contributed by atoms with Crippen LogP contribution in [0.15, 0.2) is 24.3 Å². The molecule has 0 aromatic heterocycles. The van der Waals surface area contributed by atoms with E-state index in [0.717, 1.165) is 18.4 Å². The quantitative estimate of drug-likeness (QED) is 0.912. The van der Waals surface area contributed by atoms with Crippen LogP contribution < -0.4 is 5.73 Å². The van der Waals surface area contributed by atoms with E-state index in [4.69, 9.17) is 15.2 Å². The van der Waals surface area contributed by atoms with Crippen LogP contribution in [-0.4, -0.2) is 24.9 Å². The maximum atomic E-state index is 13.1. The monoisotopic (exact) mass is 267 g/mol. The van der Waals surface area contributed by atoms with Gasteiger partial charge in [0.25, 0.3) is 0 Å². The molecule has 1 fully saturated rings. The minimum absolute atomic E-state index is 0.179. The standard InChI is InChI=1S/C15H22FNO2/c1-10-6-14(7-11(2)19-10)18-9-15(17)12-4-3-5-13(16)8-12/h3-5,8,10-11,14-15H,6-7,9,17H2,1-2H3. The first-order valence-corrected chi connectivity index (χ1v) is 6.82. The van der Waals surface area contributed by atoms with Crippen LogP contribution in [0.1, 0.15) is 38.3 Å². The van der Waals surface area contributed by atoms with Gasteiger partial charge < -0.3 is 15.2 Å². The van der Waals surface area contributed by atoms with Gasteiger partial charge in [0, 0.05) is 0 Å². The number of nitrogens with two attached hydrogens (primary N) is 1. The smallest absolute Gasteiger partial charge is 0.123 e. The summed E-state index contributed by atoms with van der Waals surface area (Å²) in [6.45, 7) is 4.52. The summed E-state index contributed by atoms with van der Waals surface area (Å²) in [5, 5.41) is 0. The predicted octanol–water partition coefficient (Wildman–Crippen LogP) is 2.80. The average Bonchev–Trinajstić information content (AvgIpc) is 2.35. The van der Waals surface area contributed by atoms with Crippen LogP contribution in [0.3, 0.4) is 0 Å². The van der Waals surface area contributed by atoms with E-state index >= 15 is 0 Å². The molecule has 3 nitrogen and oxygen atoms in total. The Balaban J connectivity index is 1.84. The van der Waals surface area contributed by atoms with Crippen molar-refractivity contribution in [3.63, 3.8) is 0 Å². The van der Waals surface area contributed by atoms with E-state index in [1.54, 1.807) is 6.07 Å². The Morgan fingerprint density at radius 2 is 2.05 bits per heavy atom. The molecule has 2 N–H and O–H groups in total. The van der Waals surface area contributed by atoms with Gasteiger partial charge in [-0.25, -0.2) is 4.39 Å². The van der Waals surface area contributed by atoms with Crippen molar-refractivity contribution in [2.45, 2.75) is 51.0 Å². The van der Waals surface area contributed by atoms with Gasteiger partial charge in [0.1, 0.15) is 5.82 Å². The van der Waals surface area contributed by atoms with Crippen LogP contribution in [0.25, 0.3) is 0 Å². The molecular weight excluding hydrogens is 245 g/mol. The summed E-state index contributed by atoms with van der Waals surface area (Å²) in [7, 11) is 0. The zero-order valence-electron chi connectivity index (χ0n) is 11.5. The van der Waals surface area contributed by atoms with Crippen LogP contribution in [0, 0.1) is 5.82 Å². The second-order valence-corrected chi connectivity index (χ2v) is 5.35. The van der Waals surface area contributed by atoms with Gasteiger partial charge in [0.15, 0.2) is 0 Å². The summed E-state index contributed by atoms with van der Waals surface area (Å²) >= 11 is 0. The van der Waals surface area contributed by atoms with E-state index in [9.17, 15) is 4.39 Å². The van der Waals surface area contributed by atoms with Crippen molar-refractivity contribution in [1.29, 1.82) is 0 Å². The topological polar surface area (TPSA) is 44.5 Å². The second-order valence-electron chi connectivity index (χ2n) is 5.35. The first-order valence-electron chi connectivity index (χ1n) is 6.82. The van der Waals surface area contributed by atoms with E-state index in [2.05, 4.69) is 13.8 Å². The molecule has 3 unspecified atom stereocenters. The Morgan fingerprint density at radius 3 is 2.68 bits per heavy atom. The molecular formula is C15H22FNO2. The van der Waals surface area contributed by atoms with Gasteiger partial charge in [-0.05, 0) is 44.4 Å². The number of rotatable bonds is 4. The lowest BCUT2D eigenvalue weighted by Crippen LogP contribution is -2.35. The van der Waals surface area contributed by atoms with Gasteiger partial charge >= 0.3 is 0 Å². The largest absolute Gasteiger partial charge is 0.376 e. The maximum Gasteiger partial charge on any atom is 0.123 e. The van der Waals surface area contributed by atoms with Crippen molar-refractivity contribution in [2.24, 2.45) is 5.73 Å². The molecule has 2 rings (SSSR count). The van der Waals surface area contributed by atoms with Gasteiger partial charge in [-0.1, -0.05) is 12.1 Å². The van der Waals surface area contributed by atoms with Gasteiger partial charge in [-0.3, -0.25) is 0 Å². The molecule has 0 spiro atoms. The van der Waals surface area contributed by atoms with Crippen LogP contribution in [0.2, 0.25) is 0 Å². The lowest BCUT2D eigenvalue weighted by molar-refractivity contribution is -0.103. The normalized spacial score (nSPS) is 29.2. The number of hydrogen-bond donors (Lipinski definition) is 1. The molecule has 3 atom stereocenters. The van der Waals surface area contributed by atoms with E-state index in [1.807, 2.05) is 6.07 Å². The third-order valence-electron chi connectivity index (χ3n) is 3.44. The number of ether oxygens (including phenoxy) is 2. The fourth-order valence-corrected chi connectivity index (χ4v) is 2.55. The lowest BCUT2D eigenvalue weighted by Gasteiger charge is -2.32. The Kier molecular flexibility index (Phi) is 4.91. The van der Waals surface area contributed by atoms with Crippen molar-refractivity contribution in [3.05, 3.63) is 35.6 Å². The van der Waals surface area contributed by atoms with Crippen molar-refractivity contribution in [3.8, 4) is 0 Å². The van der Waals surface area contributed by atoms with E-state index < -0.39 is 0 Å². The zero-order valence-corrected chi connectivity index (χ0v) is 11.5. The molecule has 19 heavy (non-hydrogen) atoms. The lowest BCUT2D eigenvalue weighted by atomic mass is 10.0. The Morgan fingerprint density at radius 1 is 1.37 bits per heavy atom. The summed E-state index contributed by atoms with van der Waals surface area (Å²) in [6.07, 6.45) is 2.40. The fourth-order valence-electron chi connectivity index (χ4n) is 2.55. The molecule has 0 aliphatic carbocycles. The zero-order chi connectivity index (χ0) is 13.8. The highest BCUT2D eigenvalue weighted by Crippen LogP contribution is 2.23. The summed E-state index contributed by atoms with van der Waals surface area (Å²) in [5.74, 6) is -0.263. The highest BCUT2D eigenvalue weighted by molar-refractivity contribution is 5.19. The van der Waals surface area contributed by atoms with Crippen molar-refractivity contribution >= 4 is 0 Å². The van der Waals surface area contributed by atoms with Crippen LogP contribution >= 0.6 is 0 Å². The molecule has 0 amide bonds. The number of benzene rings is 1. The molecule has 0 saturated carbocycles. The molecule has 0 bridgehead atoms. The maximum absolute atomic E-state index is 13.1. The molecule has 1 aliphatic heterocycles. The number of halogens is 1. The van der Waals surface area contributed by atoms with E-state index in [-0.39, 0.29) is 30.2 Å². The molecule has 1 aliphatic rings. The summed E-state index contributed by atoms with van der Waals surface area (Å²) in [6, 6.07) is 6.08. The molecule has 4 heteroatoms. The first-order chi connectivity index (χ1) is 9.04. The van der Waals surface area contributed by atoms with Crippen molar-refractivity contribution < 1.29 is 13.9 Å². The van der Waals surface area contributed by atoms with Crippen LogP contribution in [0.4, 0.5) is 4.39 Å². The number of hydrogen-bond acceptors (Lipinski definition) is 3. The Labute approximate surface area is 113 Å². The highest BCUT2D eigenvalue weighted by Gasteiger charge is 2.25. The second kappa shape index (κ2) is 6.46. The highest BCUT2D eigenvalue weighted by atomic mass is 19.1. The van der Waals surface area contributed by atoms with Gasteiger partial charge in [0.2, 0.25) is 0 Å². The molecule has 1 saturated heterocycles. The van der Waals surface area contributed by atoms with E-state index in [1.165, 1.54) is 12.1 Å². The van der Waals surface area contributed by atoms with Crippen LogP contribution in [0.5, 0.6) is 0 Å². The van der Waals surface area contributed by atoms with E-state index in [0.29, 0.717) is 6.61 Å². The Hall–Kier alpha value is -0.970. The molecule has 1 aromatic rings. The van der Waals surface area contributed by atoms with Gasteiger partial charge in [-0.2, -0.15) is 0 Å². The molecule has 1 heterocycles. The summed E-state index contributed by atoms with van der Waals surface area (Å²) in [4.78, 5) is 0. The average molecular weight is 267 g/mol. The third-order valence-corrected chi connectivity index (χ3v) is 3.44. The minimum Gasteiger partial charge on any atom is -0.376 e. The van der Waals surface area contributed by atoms with Crippen LogP contribution in [-0.2, 0) is 9.47 Å². The minimum atomic E-state index is -0.288.